The summed E-state index contributed by atoms with van der Waals surface area (Å²) in [5.74, 6) is 0. The van der Waals surface area contributed by atoms with Gasteiger partial charge in [0.05, 0.1) is 11.5 Å². The van der Waals surface area contributed by atoms with Gasteiger partial charge in [0.1, 0.15) is 0 Å². The molecule has 0 aliphatic rings. The molecular weight excluding hydrogens is 236 g/mol. The fourth-order valence-corrected chi connectivity index (χ4v) is 1.32. The highest BCUT2D eigenvalue weighted by atomic mass is 19.3. The van der Waals surface area contributed by atoms with Gasteiger partial charge in [0.2, 0.25) is 0 Å². The molecule has 2 rings (SSSR count). The predicted molar refractivity (Wildman–Crippen MR) is 55.2 cm³/mol. The van der Waals surface area contributed by atoms with Gasteiger partial charge in [0.25, 0.3) is 18.1 Å². The second kappa shape index (κ2) is 4.32. The number of nitro groups is 1. The van der Waals surface area contributed by atoms with E-state index in [1.165, 1.54) is 18.2 Å². The Labute approximate surface area is 93.4 Å². The molecule has 1 aromatic heterocycles. The number of rotatable bonds is 4. The van der Waals surface area contributed by atoms with E-state index in [2.05, 4.69) is 10.3 Å². The minimum absolute atomic E-state index is 0.0364. The van der Waals surface area contributed by atoms with Crippen LogP contribution in [0.3, 0.4) is 0 Å². The lowest BCUT2D eigenvalue weighted by molar-refractivity contribution is -0.383. The van der Waals surface area contributed by atoms with Crippen molar-refractivity contribution in [3.63, 3.8) is 0 Å². The van der Waals surface area contributed by atoms with E-state index < -0.39 is 17.9 Å². The molecule has 0 atom stereocenters. The minimum atomic E-state index is -2.56. The van der Waals surface area contributed by atoms with Gasteiger partial charge < -0.3 is 9.73 Å². The first-order chi connectivity index (χ1) is 8.08. The van der Waals surface area contributed by atoms with E-state index in [9.17, 15) is 18.9 Å². The zero-order valence-electron chi connectivity index (χ0n) is 8.39. The highest BCUT2D eigenvalue weighted by Crippen LogP contribution is 2.27. The van der Waals surface area contributed by atoms with Crippen molar-refractivity contribution in [1.29, 1.82) is 0 Å². The van der Waals surface area contributed by atoms with Crippen LogP contribution < -0.4 is 5.32 Å². The number of hydrogen-bond acceptors (Lipinski definition) is 5. The largest absolute Gasteiger partial charge is 0.423 e. The van der Waals surface area contributed by atoms with E-state index in [1.807, 2.05) is 0 Å². The fourth-order valence-electron chi connectivity index (χ4n) is 1.32. The third kappa shape index (κ3) is 2.30. The molecule has 1 aromatic carbocycles. The number of hydrogen-bond donors (Lipinski definition) is 1. The first-order valence-electron chi connectivity index (χ1n) is 4.64. The number of nitrogens with zero attached hydrogens (tertiary/aromatic N) is 2. The van der Waals surface area contributed by atoms with Crippen molar-refractivity contribution in [2.45, 2.75) is 6.43 Å². The molecule has 0 radical (unpaired) electrons. The molecule has 0 unspecified atom stereocenters. The Kier molecular flexibility index (Phi) is 2.86. The predicted octanol–water partition coefficient (Wildman–Crippen LogP) is 2.41. The molecule has 2 aromatic rings. The summed E-state index contributed by atoms with van der Waals surface area (Å²) in [6.45, 7) is -0.624. The van der Waals surface area contributed by atoms with E-state index in [0.717, 1.165) is 0 Å². The van der Waals surface area contributed by atoms with Crippen molar-refractivity contribution in [2.75, 3.05) is 11.9 Å². The molecule has 6 nitrogen and oxygen atoms in total. The summed E-state index contributed by atoms with van der Waals surface area (Å²) in [5, 5.41) is 12.9. The molecule has 0 amide bonds. The lowest BCUT2D eigenvalue weighted by atomic mass is 10.3. The Morgan fingerprint density at radius 2 is 2.29 bits per heavy atom. The van der Waals surface area contributed by atoms with Gasteiger partial charge in [-0.15, -0.1) is 0 Å². The highest BCUT2D eigenvalue weighted by molar-refractivity contribution is 5.83. The number of para-hydroxylation sites is 1. The number of benzene rings is 1. The van der Waals surface area contributed by atoms with Crippen molar-refractivity contribution >= 4 is 22.8 Å². The van der Waals surface area contributed by atoms with Gasteiger partial charge in [-0.05, 0) is 6.07 Å². The first-order valence-corrected chi connectivity index (χ1v) is 4.64. The number of fused-ring (bicyclic) bond motifs is 1. The van der Waals surface area contributed by atoms with Gasteiger partial charge in [-0.1, -0.05) is 6.07 Å². The molecule has 1 heterocycles. The van der Waals surface area contributed by atoms with Crippen LogP contribution in [-0.2, 0) is 0 Å². The Balaban J connectivity index is 2.36. The molecule has 90 valence electrons. The molecule has 0 aliphatic heterocycles. The summed E-state index contributed by atoms with van der Waals surface area (Å²) in [7, 11) is 0. The van der Waals surface area contributed by atoms with Gasteiger partial charge in [0, 0.05) is 6.07 Å². The topological polar surface area (TPSA) is 81.2 Å². The number of oxazole rings is 1. The molecule has 17 heavy (non-hydrogen) atoms. The van der Waals surface area contributed by atoms with Crippen molar-refractivity contribution in [3.05, 3.63) is 28.3 Å². The van der Waals surface area contributed by atoms with E-state index in [4.69, 9.17) is 4.42 Å². The zero-order valence-corrected chi connectivity index (χ0v) is 8.39. The molecule has 0 spiro atoms. The number of nitro benzene ring substituents is 1. The van der Waals surface area contributed by atoms with Gasteiger partial charge in [-0.2, -0.15) is 4.98 Å². The Morgan fingerprint density at radius 1 is 1.53 bits per heavy atom. The van der Waals surface area contributed by atoms with E-state index in [1.54, 1.807) is 0 Å². The lowest BCUT2D eigenvalue weighted by Gasteiger charge is -1.97. The number of non-ortho nitro benzene ring substituents is 1. The maximum atomic E-state index is 11.9. The van der Waals surface area contributed by atoms with Crippen LogP contribution in [0, 0.1) is 10.1 Å². The van der Waals surface area contributed by atoms with Gasteiger partial charge >= 0.3 is 0 Å². The van der Waals surface area contributed by atoms with Crippen LogP contribution in [0.5, 0.6) is 0 Å². The van der Waals surface area contributed by atoms with Crippen molar-refractivity contribution in [3.8, 4) is 0 Å². The van der Waals surface area contributed by atoms with Crippen LogP contribution in [0.1, 0.15) is 0 Å². The number of aromatic nitrogens is 1. The number of halogens is 2. The fraction of sp³-hybridized carbons (Fsp3) is 0.222. The molecular formula is C9H7F2N3O3. The Hall–Kier alpha value is -2.25. The van der Waals surface area contributed by atoms with Gasteiger partial charge in [-0.25, -0.2) is 8.78 Å². The summed E-state index contributed by atoms with van der Waals surface area (Å²) in [4.78, 5) is 13.8. The smallest absolute Gasteiger partial charge is 0.298 e. The highest BCUT2D eigenvalue weighted by Gasteiger charge is 2.17. The normalized spacial score (nSPS) is 11.0. The summed E-state index contributed by atoms with van der Waals surface area (Å²) < 4.78 is 28.9. The van der Waals surface area contributed by atoms with Crippen LogP contribution in [0.2, 0.25) is 0 Å². The van der Waals surface area contributed by atoms with Crippen LogP contribution in [-0.4, -0.2) is 22.9 Å². The SMILES string of the molecule is O=[N+]([O-])c1cccc2oc(NCC(F)F)nc12. The van der Waals surface area contributed by atoms with Crippen LogP contribution in [0.4, 0.5) is 20.5 Å². The minimum Gasteiger partial charge on any atom is -0.423 e. The molecule has 0 fully saturated rings. The quantitative estimate of drug-likeness (QED) is 0.658. The molecule has 1 N–H and O–H groups in total. The number of alkyl halides is 2. The van der Waals surface area contributed by atoms with E-state index in [-0.39, 0.29) is 22.8 Å². The second-order valence-corrected chi connectivity index (χ2v) is 3.17. The first kappa shape index (κ1) is 11.2. The van der Waals surface area contributed by atoms with Gasteiger partial charge in [0.15, 0.2) is 11.1 Å². The Bertz CT molecular complexity index is 555. The standard InChI is InChI=1S/C9H7F2N3O3/c10-7(11)4-12-9-13-8-5(14(15)16)2-1-3-6(8)17-9/h1-3,7H,4H2,(H,12,13). The third-order valence-electron chi connectivity index (χ3n) is 2.00. The molecule has 0 saturated heterocycles. The average molecular weight is 243 g/mol. The van der Waals surface area contributed by atoms with Gasteiger partial charge in [-0.3, -0.25) is 10.1 Å². The summed E-state index contributed by atoms with van der Waals surface area (Å²) in [6.07, 6.45) is -2.56. The van der Waals surface area contributed by atoms with Crippen LogP contribution in [0.15, 0.2) is 22.6 Å². The van der Waals surface area contributed by atoms with E-state index >= 15 is 0 Å². The summed E-state index contributed by atoms with van der Waals surface area (Å²) in [6, 6.07) is 4.02. The number of anilines is 1. The van der Waals surface area contributed by atoms with Crippen LogP contribution >= 0.6 is 0 Å². The third-order valence-corrected chi connectivity index (χ3v) is 2.00. The Morgan fingerprint density at radius 3 is 2.94 bits per heavy atom. The van der Waals surface area contributed by atoms with Crippen molar-refractivity contribution in [2.24, 2.45) is 0 Å². The summed E-state index contributed by atoms with van der Waals surface area (Å²) >= 11 is 0. The maximum Gasteiger partial charge on any atom is 0.298 e. The lowest BCUT2D eigenvalue weighted by Crippen LogP contribution is -2.10. The van der Waals surface area contributed by atoms with Crippen molar-refractivity contribution < 1.29 is 18.1 Å². The molecule has 0 saturated carbocycles. The molecule has 0 aliphatic carbocycles. The monoisotopic (exact) mass is 243 g/mol. The van der Waals surface area contributed by atoms with Crippen LogP contribution in [0.25, 0.3) is 11.1 Å². The van der Waals surface area contributed by atoms with E-state index in [0.29, 0.717) is 0 Å². The summed E-state index contributed by atoms with van der Waals surface area (Å²) in [5.41, 5.74) is -0.0124. The molecule has 8 heteroatoms. The van der Waals surface area contributed by atoms with Crippen molar-refractivity contribution in [1.82, 2.24) is 4.98 Å². The average Bonchev–Trinajstić information content (AvgIpc) is 2.68. The number of nitrogens with one attached hydrogen (secondary N) is 1. The zero-order chi connectivity index (χ0) is 12.4. The maximum absolute atomic E-state index is 11.9. The second-order valence-electron chi connectivity index (χ2n) is 3.17. The molecule has 0 bridgehead atoms.